The summed E-state index contributed by atoms with van der Waals surface area (Å²) in [5.74, 6) is 1.79. The van der Waals surface area contributed by atoms with Gasteiger partial charge in [-0.25, -0.2) is 9.97 Å². The van der Waals surface area contributed by atoms with Crippen LogP contribution in [0, 0.1) is 0 Å². The fraction of sp³-hybridized carbons (Fsp3) is 0.259. The summed E-state index contributed by atoms with van der Waals surface area (Å²) in [4.78, 5) is 26.2. The molecule has 0 fully saturated rings. The average molecular weight is 506 g/mol. The van der Waals surface area contributed by atoms with E-state index in [1.165, 1.54) is 13.3 Å². The highest BCUT2D eigenvalue weighted by atomic mass is 35.5. The molecule has 0 aliphatic carbocycles. The summed E-state index contributed by atoms with van der Waals surface area (Å²) in [6.45, 7) is 4.33. The van der Waals surface area contributed by atoms with Crippen LogP contribution >= 0.6 is 11.6 Å². The van der Waals surface area contributed by atoms with E-state index < -0.39 is 0 Å². The average Bonchev–Trinajstić information content (AvgIpc) is 2.86. The van der Waals surface area contributed by atoms with Gasteiger partial charge in [0, 0.05) is 38.0 Å². The second-order valence-electron chi connectivity index (χ2n) is 8.39. The molecule has 1 atom stereocenters. The Morgan fingerprint density at radius 2 is 1.94 bits per heavy atom. The van der Waals surface area contributed by atoms with Crippen molar-refractivity contribution in [3.63, 3.8) is 0 Å². The highest BCUT2D eigenvalue weighted by molar-refractivity contribution is 6.32. The molecule has 9 heteroatoms. The third-order valence-electron chi connectivity index (χ3n) is 5.59. The van der Waals surface area contributed by atoms with Crippen molar-refractivity contribution in [3.05, 3.63) is 77.8 Å². The number of nitrogens with one attached hydrogen (secondary N) is 1. The van der Waals surface area contributed by atoms with Crippen LogP contribution in [0.1, 0.15) is 19.5 Å². The number of carbonyl (C=O) groups is 1. The molecule has 186 valence electrons. The van der Waals surface area contributed by atoms with Crippen LogP contribution in [-0.2, 0) is 11.2 Å². The molecule has 2 heterocycles. The van der Waals surface area contributed by atoms with Crippen LogP contribution in [0.2, 0.25) is 5.02 Å². The Labute approximate surface area is 215 Å². The van der Waals surface area contributed by atoms with Crippen LogP contribution in [-0.4, -0.2) is 52.1 Å². The second-order valence-corrected chi connectivity index (χ2v) is 8.79. The minimum absolute atomic E-state index is 0.0161. The minimum Gasteiger partial charge on any atom is -0.491 e. The van der Waals surface area contributed by atoms with Crippen molar-refractivity contribution in [2.24, 2.45) is 0 Å². The number of rotatable bonds is 10. The van der Waals surface area contributed by atoms with Gasteiger partial charge in [-0.3, -0.25) is 9.78 Å². The molecule has 1 N–H and O–H groups in total. The predicted molar refractivity (Wildman–Crippen MR) is 141 cm³/mol. The number of likely N-dealkylation sites (N-methyl/N-ethyl adjacent to an activating group) is 1. The first kappa shape index (κ1) is 25.2. The molecule has 1 amide bonds. The van der Waals surface area contributed by atoms with Gasteiger partial charge in [0.15, 0.2) is 0 Å². The lowest BCUT2D eigenvalue weighted by Crippen LogP contribution is -2.28. The Balaban J connectivity index is 1.49. The van der Waals surface area contributed by atoms with Crippen molar-refractivity contribution in [1.29, 1.82) is 0 Å². The van der Waals surface area contributed by atoms with Crippen molar-refractivity contribution in [2.45, 2.75) is 26.4 Å². The van der Waals surface area contributed by atoms with Crippen LogP contribution in [0.25, 0.3) is 10.9 Å². The molecule has 2 aromatic carbocycles. The Bertz CT molecular complexity index is 1330. The molecule has 1 unspecified atom stereocenters. The van der Waals surface area contributed by atoms with Gasteiger partial charge in [-0.15, -0.1) is 0 Å². The predicted octanol–water partition coefficient (Wildman–Crippen LogP) is 5.29. The van der Waals surface area contributed by atoms with Crippen molar-refractivity contribution in [3.8, 4) is 11.5 Å². The van der Waals surface area contributed by atoms with Gasteiger partial charge in [0.25, 0.3) is 0 Å². The molecule has 4 rings (SSSR count). The van der Waals surface area contributed by atoms with E-state index in [2.05, 4.69) is 20.3 Å². The summed E-state index contributed by atoms with van der Waals surface area (Å²) >= 11 is 6.55. The summed E-state index contributed by atoms with van der Waals surface area (Å²) < 4.78 is 12.0. The molecule has 0 saturated heterocycles. The number of carbonyl (C=O) groups excluding carboxylic acids is 1. The van der Waals surface area contributed by atoms with E-state index in [1.54, 1.807) is 24.2 Å². The molecule has 0 aliphatic heterocycles. The summed E-state index contributed by atoms with van der Waals surface area (Å²) in [5.41, 5.74) is 2.44. The van der Waals surface area contributed by atoms with Gasteiger partial charge in [-0.1, -0.05) is 23.7 Å². The maximum atomic E-state index is 11.5. The lowest BCUT2D eigenvalue weighted by atomic mass is 10.2. The highest BCUT2D eigenvalue weighted by Gasteiger charge is 2.14. The Morgan fingerprint density at radius 3 is 2.69 bits per heavy atom. The number of benzene rings is 2. The van der Waals surface area contributed by atoms with E-state index in [-0.39, 0.29) is 12.0 Å². The monoisotopic (exact) mass is 505 g/mol. The van der Waals surface area contributed by atoms with Gasteiger partial charge in [0.1, 0.15) is 36.4 Å². The smallest absolute Gasteiger partial charge is 0.219 e. The number of aromatic nitrogens is 3. The molecule has 8 nitrogen and oxygen atoms in total. The van der Waals surface area contributed by atoms with E-state index in [9.17, 15) is 4.79 Å². The minimum atomic E-state index is -0.0937. The van der Waals surface area contributed by atoms with Gasteiger partial charge in [0.2, 0.25) is 5.91 Å². The van der Waals surface area contributed by atoms with Gasteiger partial charge in [-0.05, 0) is 49.4 Å². The molecule has 0 radical (unpaired) electrons. The summed E-state index contributed by atoms with van der Waals surface area (Å²) in [7, 11) is 1.74. The number of fused-ring (bicyclic) bond motifs is 1. The van der Waals surface area contributed by atoms with Crippen LogP contribution < -0.4 is 14.8 Å². The molecule has 2 aromatic heterocycles. The number of nitrogens with zero attached hydrogens (tertiary/aromatic N) is 4. The van der Waals surface area contributed by atoms with Crippen molar-refractivity contribution < 1.29 is 14.3 Å². The lowest BCUT2D eigenvalue weighted by Gasteiger charge is -2.17. The van der Waals surface area contributed by atoms with Gasteiger partial charge in [-0.2, -0.15) is 0 Å². The van der Waals surface area contributed by atoms with Crippen molar-refractivity contribution >= 4 is 39.9 Å². The lowest BCUT2D eigenvalue weighted by molar-refractivity contribution is -0.127. The number of amides is 1. The quantitative estimate of drug-likeness (QED) is 0.313. The van der Waals surface area contributed by atoms with E-state index in [4.69, 9.17) is 21.1 Å². The van der Waals surface area contributed by atoms with Crippen LogP contribution in [0.5, 0.6) is 11.5 Å². The molecule has 0 spiro atoms. The fourth-order valence-electron chi connectivity index (χ4n) is 3.63. The Morgan fingerprint density at radius 1 is 1.08 bits per heavy atom. The summed E-state index contributed by atoms with van der Waals surface area (Å²) in [5, 5.41) is 4.54. The number of hydrogen-bond acceptors (Lipinski definition) is 7. The normalized spacial score (nSPS) is 11.7. The van der Waals surface area contributed by atoms with Gasteiger partial charge >= 0.3 is 0 Å². The number of halogens is 1. The zero-order valence-electron chi connectivity index (χ0n) is 20.4. The van der Waals surface area contributed by atoms with Crippen LogP contribution in [0.15, 0.2) is 67.1 Å². The highest BCUT2D eigenvalue weighted by Crippen LogP contribution is 2.34. The first-order chi connectivity index (χ1) is 17.4. The SMILES string of the molecule is CC(=O)N(C)CCOc1cccc2ncnc(Nc3ccc(OC(C)Cc4ccccn4)c(Cl)c3)c12. The largest absolute Gasteiger partial charge is 0.491 e. The number of anilines is 2. The molecule has 4 aromatic rings. The first-order valence-electron chi connectivity index (χ1n) is 11.6. The molecule has 0 saturated carbocycles. The third-order valence-corrected chi connectivity index (χ3v) is 5.89. The van der Waals surface area contributed by atoms with Crippen molar-refractivity contribution in [2.75, 3.05) is 25.5 Å². The van der Waals surface area contributed by atoms with E-state index in [1.807, 2.05) is 55.5 Å². The number of hydrogen-bond donors (Lipinski definition) is 1. The topological polar surface area (TPSA) is 89.5 Å². The Kier molecular flexibility index (Phi) is 8.17. The van der Waals surface area contributed by atoms with Crippen LogP contribution in [0.3, 0.4) is 0 Å². The third kappa shape index (κ3) is 6.40. The molecule has 36 heavy (non-hydrogen) atoms. The molecular formula is C27H28ClN5O3. The Hall–Kier alpha value is -3.91. The molecule has 0 aliphatic rings. The maximum absolute atomic E-state index is 11.5. The van der Waals surface area contributed by atoms with Gasteiger partial charge < -0.3 is 19.7 Å². The molecule has 0 bridgehead atoms. The zero-order chi connectivity index (χ0) is 25.5. The second kappa shape index (κ2) is 11.7. The van der Waals surface area contributed by atoms with E-state index in [0.29, 0.717) is 41.9 Å². The van der Waals surface area contributed by atoms with Gasteiger partial charge in [0.05, 0.1) is 22.5 Å². The van der Waals surface area contributed by atoms with E-state index >= 15 is 0 Å². The first-order valence-corrected chi connectivity index (χ1v) is 12.0. The fourth-order valence-corrected chi connectivity index (χ4v) is 3.85. The zero-order valence-corrected chi connectivity index (χ0v) is 21.2. The summed E-state index contributed by atoms with van der Waals surface area (Å²) in [6.07, 6.45) is 3.85. The number of ether oxygens (including phenoxy) is 2. The molecular weight excluding hydrogens is 478 g/mol. The summed E-state index contributed by atoms with van der Waals surface area (Å²) in [6, 6.07) is 17.0. The van der Waals surface area contributed by atoms with E-state index in [0.717, 1.165) is 22.3 Å². The van der Waals surface area contributed by atoms with Crippen molar-refractivity contribution in [1.82, 2.24) is 19.9 Å². The standard InChI is InChI=1S/C27H28ClN5O3/c1-18(15-20-7-4-5-12-29-20)36-24-11-10-21(16-22(24)28)32-27-26-23(30-17-31-27)8-6-9-25(26)35-14-13-33(3)19(2)34/h4-12,16-18H,13-15H2,1-3H3,(H,30,31,32). The maximum Gasteiger partial charge on any atom is 0.219 e. The van der Waals surface area contributed by atoms with Crippen LogP contribution in [0.4, 0.5) is 11.5 Å². The number of pyridine rings is 1.